The molecule has 10 heteroatoms. The molecule has 29 heavy (non-hydrogen) atoms. The highest BCUT2D eigenvalue weighted by Crippen LogP contribution is 2.30. The summed E-state index contributed by atoms with van der Waals surface area (Å²) in [6.45, 7) is 2.18. The number of aromatic nitrogens is 1. The molecule has 1 atom stereocenters. The Morgan fingerprint density at radius 3 is 2.62 bits per heavy atom. The van der Waals surface area contributed by atoms with Crippen LogP contribution < -0.4 is 9.80 Å². The molecule has 0 saturated carbocycles. The van der Waals surface area contributed by atoms with Gasteiger partial charge in [-0.05, 0) is 12.1 Å². The van der Waals surface area contributed by atoms with E-state index < -0.39 is 12.0 Å². The van der Waals surface area contributed by atoms with Gasteiger partial charge in [-0.3, -0.25) is 19.3 Å². The Labute approximate surface area is 170 Å². The number of imide groups is 1. The molecular formula is C19H19FN4O4S. The van der Waals surface area contributed by atoms with Gasteiger partial charge >= 0.3 is 5.97 Å². The lowest BCUT2D eigenvalue weighted by atomic mass is 10.1. The zero-order valence-electron chi connectivity index (χ0n) is 15.5. The minimum atomic E-state index is -1.02. The maximum absolute atomic E-state index is 14.0. The number of piperazine rings is 1. The molecule has 152 valence electrons. The zero-order chi connectivity index (χ0) is 20.5. The fourth-order valence-corrected chi connectivity index (χ4v) is 4.56. The molecule has 1 aromatic carbocycles. The minimum absolute atomic E-state index is 0.0619. The van der Waals surface area contributed by atoms with E-state index in [0.29, 0.717) is 37.6 Å². The highest BCUT2D eigenvalue weighted by atomic mass is 32.1. The Bertz CT molecular complexity index is 957. The van der Waals surface area contributed by atoms with Gasteiger partial charge in [-0.2, -0.15) is 0 Å². The van der Waals surface area contributed by atoms with Crippen molar-refractivity contribution in [3.8, 4) is 0 Å². The molecule has 2 amide bonds. The van der Waals surface area contributed by atoms with Crippen LogP contribution in [0.15, 0.2) is 29.6 Å². The van der Waals surface area contributed by atoms with Crippen LogP contribution in [0.4, 0.5) is 15.2 Å². The first-order valence-corrected chi connectivity index (χ1v) is 10.1. The van der Waals surface area contributed by atoms with Gasteiger partial charge in [0.1, 0.15) is 5.82 Å². The number of hydrogen-bond acceptors (Lipinski definition) is 7. The second kappa shape index (κ2) is 7.88. The molecule has 0 bridgehead atoms. The van der Waals surface area contributed by atoms with E-state index in [0.717, 1.165) is 16.2 Å². The molecular weight excluding hydrogens is 399 g/mol. The van der Waals surface area contributed by atoms with E-state index in [4.69, 9.17) is 5.11 Å². The van der Waals surface area contributed by atoms with Crippen molar-refractivity contribution in [2.45, 2.75) is 18.9 Å². The van der Waals surface area contributed by atoms with E-state index in [9.17, 15) is 18.8 Å². The van der Waals surface area contributed by atoms with Crippen molar-refractivity contribution in [3.63, 3.8) is 0 Å². The number of carbonyl (C=O) groups excluding carboxylic acids is 2. The second-order valence-corrected chi connectivity index (χ2v) is 7.79. The maximum atomic E-state index is 14.0. The third-order valence-corrected chi connectivity index (χ3v) is 6.01. The fraction of sp³-hybridized carbons (Fsp3) is 0.368. The first kappa shape index (κ1) is 19.5. The Hall–Kier alpha value is -2.85. The highest BCUT2D eigenvalue weighted by molar-refractivity contribution is 7.14. The standard InChI is InChI=1S/C19H19FN4O4S/c20-13-3-1-2-4-14(13)22-5-7-23(8-6-22)15-10-16(25)24(18(15)28)19-21-12(11-29-19)9-17(26)27/h1-4,11,15H,5-10H2,(H,26,27). The minimum Gasteiger partial charge on any atom is -0.481 e. The van der Waals surface area contributed by atoms with Gasteiger partial charge in [0.2, 0.25) is 5.91 Å². The van der Waals surface area contributed by atoms with Gasteiger partial charge in [0.05, 0.1) is 30.3 Å². The van der Waals surface area contributed by atoms with Crippen LogP contribution in [0.2, 0.25) is 0 Å². The normalized spacial score (nSPS) is 20.5. The molecule has 1 N–H and O–H groups in total. The molecule has 3 heterocycles. The van der Waals surface area contributed by atoms with E-state index in [2.05, 4.69) is 4.98 Å². The average molecular weight is 418 g/mol. The number of carboxylic acids is 1. The molecule has 2 fully saturated rings. The summed E-state index contributed by atoms with van der Waals surface area (Å²) in [5, 5.41) is 10.6. The van der Waals surface area contributed by atoms with Crippen LogP contribution in [0.25, 0.3) is 0 Å². The molecule has 4 rings (SSSR count). The Balaban J connectivity index is 1.42. The number of amides is 2. The first-order valence-electron chi connectivity index (χ1n) is 9.20. The summed E-state index contributed by atoms with van der Waals surface area (Å²) in [4.78, 5) is 45.3. The van der Waals surface area contributed by atoms with Gasteiger partial charge in [-0.25, -0.2) is 14.3 Å². The summed E-state index contributed by atoms with van der Waals surface area (Å²) in [7, 11) is 0. The number of benzene rings is 1. The molecule has 2 aliphatic heterocycles. The molecule has 0 radical (unpaired) electrons. The first-order chi connectivity index (χ1) is 13.9. The largest absolute Gasteiger partial charge is 0.481 e. The number of nitrogens with zero attached hydrogens (tertiary/aromatic N) is 4. The third-order valence-electron chi connectivity index (χ3n) is 5.13. The van der Waals surface area contributed by atoms with Crippen LogP contribution in [0.1, 0.15) is 12.1 Å². The summed E-state index contributed by atoms with van der Waals surface area (Å²) >= 11 is 1.09. The van der Waals surface area contributed by atoms with Crippen molar-refractivity contribution < 1.29 is 23.9 Å². The van der Waals surface area contributed by atoms with Gasteiger partial charge in [0.15, 0.2) is 5.13 Å². The van der Waals surface area contributed by atoms with E-state index in [-0.39, 0.29) is 35.6 Å². The Kier molecular flexibility index (Phi) is 5.29. The van der Waals surface area contributed by atoms with Crippen molar-refractivity contribution in [2.75, 3.05) is 36.0 Å². The summed E-state index contributed by atoms with van der Waals surface area (Å²) in [5.41, 5.74) is 0.858. The smallest absolute Gasteiger partial charge is 0.309 e. The van der Waals surface area contributed by atoms with Gasteiger partial charge in [-0.15, -0.1) is 11.3 Å². The molecule has 2 aromatic rings. The monoisotopic (exact) mass is 418 g/mol. The predicted molar refractivity (Wildman–Crippen MR) is 105 cm³/mol. The quantitative estimate of drug-likeness (QED) is 0.733. The third kappa shape index (κ3) is 3.85. The summed E-state index contributed by atoms with van der Waals surface area (Å²) < 4.78 is 14.0. The fourth-order valence-electron chi connectivity index (χ4n) is 3.72. The van der Waals surface area contributed by atoms with Crippen LogP contribution in [-0.4, -0.2) is 65.0 Å². The lowest BCUT2D eigenvalue weighted by molar-refractivity contribution is -0.136. The molecule has 0 aliphatic carbocycles. The summed E-state index contributed by atoms with van der Waals surface area (Å²) in [5.74, 6) is -1.98. The van der Waals surface area contributed by atoms with E-state index >= 15 is 0 Å². The predicted octanol–water partition coefficient (Wildman–Crippen LogP) is 1.36. The van der Waals surface area contributed by atoms with Crippen LogP contribution >= 0.6 is 11.3 Å². The number of para-hydroxylation sites is 1. The molecule has 2 saturated heterocycles. The van der Waals surface area contributed by atoms with Crippen molar-refractivity contribution in [1.82, 2.24) is 9.88 Å². The number of anilines is 2. The van der Waals surface area contributed by atoms with Crippen LogP contribution in [0.5, 0.6) is 0 Å². The number of carboxylic acid groups (broad SMARTS) is 1. The van der Waals surface area contributed by atoms with Crippen LogP contribution in [-0.2, 0) is 20.8 Å². The van der Waals surface area contributed by atoms with E-state index in [1.807, 2.05) is 9.80 Å². The van der Waals surface area contributed by atoms with E-state index in [1.165, 1.54) is 6.07 Å². The zero-order valence-corrected chi connectivity index (χ0v) is 16.3. The number of carbonyl (C=O) groups is 3. The van der Waals surface area contributed by atoms with Gasteiger partial charge in [0.25, 0.3) is 5.91 Å². The van der Waals surface area contributed by atoms with Gasteiger partial charge in [-0.1, -0.05) is 12.1 Å². The molecule has 1 unspecified atom stereocenters. The maximum Gasteiger partial charge on any atom is 0.309 e. The van der Waals surface area contributed by atoms with Crippen LogP contribution in [0.3, 0.4) is 0 Å². The van der Waals surface area contributed by atoms with Crippen molar-refractivity contribution >= 4 is 39.9 Å². The molecule has 2 aliphatic rings. The molecule has 0 spiro atoms. The molecule has 1 aromatic heterocycles. The second-order valence-electron chi connectivity index (χ2n) is 6.95. The van der Waals surface area contributed by atoms with Crippen molar-refractivity contribution in [3.05, 3.63) is 41.2 Å². The van der Waals surface area contributed by atoms with Crippen molar-refractivity contribution in [2.24, 2.45) is 0 Å². The lowest BCUT2D eigenvalue weighted by Crippen LogP contribution is -2.52. The highest BCUT2D eigenvalue weighted by Gasteiger charge is 2.44. The van der Waals surface area contributed by atoms with Gasteiger partial charge in [0, 0.05) is 31.6 Å². The number of rotatable bonds is 5. The van der Waals surface area contributed by atoms with Crippen molar-refractivity contribution in [1.29, 1.82) is 0 Å². The van der Waals surface area contributed by atoms with E-state index in [1.54, 1.807) is 23.6 Å². The number of hydrogen-bond donors (Lipinski definition) is 1. The molecule has 8 nitrogen and oxygen atoms in total. The average Bonchev–Trinajstić information content (AvgIpc) is 3.25. The number of halogens is 1. The van der Waals surface area contributed by atoms with Gasteiger partial charge < -0.3 is 10.0 Å². The summed E-state index contributed by atoms with van der Waals surface area (Å²) in [6, 6.07) is 6.01. The topological polar surface area (TPSA) is 94.0 Å². The van der Waals surface area contributed by atoms with Crippen LogP contribution in [0, 0.1) is 5.82 Å². The SMILES string of the molecule is O=C(O)Cc1csc(N2C(=O)CC(N3CCN(c4ccccc4F)CC3)C2=O)n1. The Morgan fingerprint density at radius 2 is 1.93 bits per heavy atom. The lowest BCUT2D eigenvalue weighted by Gasteiger charge is -2.38. The number of thiazole rings is 1. The number of aliphatic carboxylic acids is 1. The Morgan fingerprint density at radius 1 is 1.21 bits per heavy atom. The summed E-state index contributed by atoms with van der Waals surface area (Å²) in [6.07, 6.45) is -0.194.